The summed E-state index contributed by atoms with van der Waals surface area (Å²) in [7, 11) is 0. The van der Waals surface area contributed by atoms with Crippen molar-refractivity contribution in [1.29, 1.82) is 0 Å². The summed E-state index contributed by atoms with van der Waals surface area (Å²) in [5.41, 5.74) is 8.50. The highest BCUT2D eigenvalue weighted by Crippen LogP contribution is 2.21. The molecule has 4 heteroatoms. The Balaban J connectivity index is 1.68. The van der Waals surface area contributed by atoms with E-state index in [0.717, 1.165) is 49.7 Å². The number of nitrogens with zero attached hydrogens (tertiary/aromatic N) is 3. The molecule has 0 bridgehead atoms. The van der Waals surface area contributed by atoms with E-state index in [-0.39, 0.29) is 6.04 Å². The Morgan fingerprint density at radius 1 is 1.00 bits per heavy atom. The van der Waals surface area contributed by atoms with Crippen molar-refractivity contribution in [1.82, 2.24) is 9.88 Å². The molecule has 1 fully saturated rings. The molecule has 22 heavy (non-hydrogen) atoms. The molecule has 0 saturated carbocycles. The van der Waals surface area contributed by atoms with E-state index in [4.69, 9.17) is 5.73 Å². The fourth-order valence-corrected chi connectivity index (χ4v) is 2.91. The third kappa shape index (κ3) is 3.29. The molecule has 1 aliphatic rings. The summed E-state index contributed by atoms with van der Waals surface area (Å²) in [6.45, 7) is 7.67. The molecule has 1 aliphatic heterocycles. The Morgan fingerprint density at radius 3 is 2.32 bits per heavy atom. The molecule has 1 atom stereocenters. The zero-order valence-corrected chi connectivity index (χ0v) is 13.2. The van der Waals surface area contributed by atoms with E-state index >= 15 is 0 Å². The molecule has 2 N–H and O–H groups in total. The quantitative estimate of drug-likeness (QED) is 0.940. The summed E-state index contributed by atoms with van der Waals surface area (Å²) in [5, 5.41) is 0. The molecule has 3 rings (SSSR count). The minimum atomic E-state index is -0.111. The number of benzene rings is 1. The lowest BCUT2D eigenvalue weighted by atomic mass is 10.0. The van der Waals surface area contributed by atoms with Crippen LogP contribution in [0.15, 0.2) is 48.7 Å². The molecule has 0 radical (unpaired) electrons. The van der Waals surface area contributed by atoms with Crippen LogP contribution in [0.25, 0.3) is 0 Å². The van der Waals surface area contributed by atoms with Gasteiger partial charge in [0.15, 0.2) is 0 Å². The standard InChI is InChI=1S/C18H24N4/c1-2-21-10-12-22(13-11-21)17-9-8-16(14-20-17)18(19)15-6-4-3-5-7-15/h3-9,14,18H,2,10-13,19H2,1H3/t18-/m1/s1. The molecule has 0 aliphatic carbocycles. The van der Waals surface area contributed by atoms with Crippen LogP contribution >= 0.6 is 0 Å². The van der Waals surface area contributed by atoms with Gasteiger partial charge in [0.25, 0.3) is 0 Å². The number of hydrogen-bond donors (Lipinski definition) is 1. The smallest absolute Gasteiger partial charge is 0.128 e. The first-order valence-corrected chi connectivity index (χ1v) is 8.01. The Kier molecular flexibility index (Phi) is 4.71. The maximum atomic E-state index is 6.32. The Bertz CT molecular complexity index is 574. The predicted octanol–water partition coefficient (Wildman–Crippen LogP) is 2.27. The highest BCUT2D eigenvalue weighted by molar-refractivity contribution is 5.42. The third-order valence-electron chi connectivity index (χ3n) is 4.43. The van der Waals surface area contributed by atoms with Gasteiger partial charge in [0, 0.05) is 32.4 Å². The lowest BCUT2D eigenvalue weighted by molar-refractivity contribution is 0.270. The average molecular weight is 296 g/mol. The molecule has 1 aromatic heterocycles. The summed E-state index contributed by atoms with van der Waals surface area (Å²) in [6, 6.07) is 14.2. The normalized spacial score (nSPS) is 17.5. The molecule has 2 aromatic rings. The van der Waals surface area contributed by atoms with E-state index in [1.54, 1.807) is 0 Å². The Hall–Kier alpha value is -1.91. The Labute approximate surface area is 132 Å². The fourth-order valence-electron chi connectivity index (χ4n) is 2.91. The van der Waals surface area contributed by atoms with Crippen LogP contribution in [0.2, 0.25) is 0 Å². The molecular formula is C18H24N4. The number of rotatable bonds is 4. The van der Waals surface area contributed by atoms with Gasteiger partial charge in [-0.3, -0.25) is 0 Å². The maximum absolute atomic E-state index is 6.32. The monoisotopic (exact) mass is 296 g/mol. The predicted molar refractivity (Wildman–Crippen MR) is 91.0 cm³/mol. The van der Waals surface area contributed by atoms with Crippen molar-refractivity contribution in [2.75, 3.05) is 37.6 Å². The fraction of sp³-hybridized carbons (Fsp3) is 0.389. The van der Waals surface area contributed by atoms with Crippen LogP contribution in [-0.2, 0) is 0 Å². The van der Waals surface area contributed by atoms with Crippen LogP contribution in [0, 0.1) is 0 Å². The molecule has 0 amide bonds. The van der Waals surface area contributed by atoms with Crippen LogP contribution in [0.3, 0.4) is 0 Å². The van der Waals surface area contributed by atoms with E-state index in [1.807, 2.05) is 24.4 Å². The molecule has 0 unspecified atom stereocenters. The minimum Gasteiger partial charge on any atom is -0.354 e. The van der Waals surface area contributed by atoms with Gasteiger partial charge in [-0.25, -0.2) is 4.98 Å². The van der Waals surface area contributed by atoms with Gasteiger partial charge in [0.2, 0.25) is 0 Å². The zero-order valence-electron chi connectivity index (χ0n) is 13.2. The maximum Gasteiger partial charge on any atom is 0.128 e. The number of anilines is 1. The Morgan fingerprint density at radius 2 is 1.73 bits per heavy atom. The van der Waals surface area contributed by atoms with Gasteiger partial charge in [-0.05, 0) is 23.7 Å². The first-order chi connectivity index (χ1) is 10.8. The second-order valence-corrected chi connectivity index (χ2v) is 5.76. The van der Waals surface area contributed by atoms with Crippen molar-refractivity contribution in [2.24, 2.45) is 5.73 Å². The van der Waals surface area contributed by atoms with Crippen LogP contribution in [0.5, 0.6) is 0 Å². The topological polar surface area (TPSA) is 45.4 Å². The van der Waals surface area contributed by atoms with E-state index in [9.17, 15) is 0 Å². The van der Waals surface area contributed by atoms with Gasteiger partial charge in [-0.1, -0.05) is 43.3 Å². The van der Waals surface area contributed by atoms with Gasteiger partial charge < -0.3 is 15.5 Å². The number of likely N-dealkylation sites (N-methyl/N-ethyl adjacent to an activating group) is 1. The van der Waals surface area contributed by atoms with Crippen molar-refractivity contribution in [2.45, 2.75) is 13.0 Å². The SMILES string of the molecule is CCN1CCN(c2ccc([C@H](N)c3ccccc3)cn2)CC1. The molecule has 1 saturated heterocycles. The molecule has 116 valence electrons. The van der Waals surface area contributed by atoms with Crippen LogP contribution in [-0.4, -0.2) is 42.6 Å². The minimum absolute atomic E-state index is 0.111. The molecule has 2 heterocycles. The molecule has 0 spiro atoms. The summed E-state index contributed by atoms with van der Waals surface area (Å²) in [4.78, 5) is 9.45. The van der Waals surface area contributed by atoms with E-state index < -0.39 is 0 Å². The number of piperazine rings is 1. The summed E-state index contributed by atoms with van der Waals surface area (Å²) in [5.74, 6) is 1.06. The highest BCUT2D eigenvalue weighted by Gasteiger charge is 2.17. The third-order valence-corrected chi connectivity index (χ3v) is 4.43. The number of nitrogens with two attached hydrogens (primary N) is 1. The van der Waals surface area contributed by atoms with Crippen molar-refractivity contribution in [3.05, 3.63) is 59.8 Å². The van der Waals surface area contributed by atoms with Gasteiger partial charge in [0.1, 0.15) is 5.82 Å². The number of hydrogen-bond acceptors (Lipinski definition) is 4. The van der Waals surface area contributed by atoms with Crippen molar-refractivity contribution >= 4 is 5.82 Å². The first kappa shape index (κ1) is 15.0. The second-order valence-electron chi connectivity index (χ2n) is 5.76. The highest BCUT2D eigenvalue weighted by atomic mass is 15.3. The first-order valence-electron chi connectivity index (χ1n) is 8.01. The van der Waals surface area contributed by atoms with E-state index in [1.165, 1.54) is 0 Å². The summed E-state index contributed by atoms with van der Waals surface area (Å²) >= 11 is 0. The second kappa shape index (κ2) is 6.90. The molecule has 1 aromatic carbocycles. The van der Waals surface area contributed by atoms with Crippen molar-refractivity contribution < 1.29 is 0 Å². The van der Waals surface area contributed by atoms with Crippen LogP contribution in [0.4, 0.5) is 5.82 Å². The largest absolute Gasteiger partial charge is 0.354 e. The average Bonchev–Trinajstić information content (AvgIpc) is 2.62. The van der Waals surface area contributed by atoms with E-state index in [0.29, 0.717) is 0 Å². The summed E-state index contributed by atoms with van der Waals surface area (Å²) < 4.78 is 0. The van der Waals surface area contributed by atoms with Crippen LogP contribution < -0.4 is 10.6 Å². The van der Waals surface area contributed by atoms with Gasteiger partial charge in [-0.2, -0.15) is 0 Å². The van der Waals surface area contributed by atoms with Crippen LogP contribution in [0.1, 0.15) is 24.1 Å². The van der Waals surface area contributed by atoms with Gasteiger partial charge in [0.05, 0.1) is 6.04 Å². The van der Waals surface area contributed by atoms with Gasteiger partial charge in [-0.15, -0.1) is 0 Å². The van der Waals surface area contributed by atoms with Gasteiger partial charge >= 0.3 is 0 Å². The molecule has 4 nitrogen and oxygen atoms in total. The number of aromatic nitrogens is 1. The lowest BCUT2D eigenvalue weighted by Gasteiger charge is -2.34. The molecular weight excluding hydrogens is 272 g/mol. The number of pyridine rings is 1. The summed E-state index contributed by atoms with van der Waals surface area (Å²) in [6.07, 6.45) is 1.92. The van der Waals surface area contributed by atoms with Crippen molar-refractivity contribution in [3.63, 3.8) is 0 Å². The zero-order chi connectivity index (χ0) is 15.4. The van der Waals surface area contributed by atoms with Crippen molar-refractivity contribution in [3.8, 4) is 0 Å². The van der Waals surface area contributed by atoms with E-state index in [2.05, 4.69) is 46.0 Å². The lowest BCUT2D eigenvalue weighted by Crippen LogP contribution is -2.46.